The maximum atomic E-state index is 9.14. The van der Waals surface area contributed by atoms with Crippen LogP contribution in [-0.2, 0) is 0 Å². The zero-order valence-electron chi connectivity index (χ0n) is 28.4. The van der Waals surface area contributed by atoms with E-state index >= 15 is 0 Å². The summed E-state index contributed by atoms with van der Waals surface area (Å²) in [5.74, 6) is 0. The van der Waals surface area contributed by atoms with Crippen molar-refractivity contribution in [2.45, 2.75) is 0 Å². The summed E-state index contributed by atoms with van der Waals surface area (Å²) in [6.07, 6.45) is 0. The predicted octanol–water partition coefficient (Wildman–Crippen LogP) is 13.1. The van der Waals surface area contributed by atoms with Gasteiger partial charge in [-0.05, 0) is 106 Å². The number of anilines is 2. The van der Waals surface area contributed by atoms with E-state index in [-0.39, 0.29) is 0 Å². The van der Waals surface area contributed by atoms with Crippen LogP contribution in [0.5, 0.6) is 0 Å². The van der Waals surface area contributed by atoms with Gasteiger partial charge >= 0.3 is 0 Å². The van der Waals surface area contributed by atoms with Crippen LogP contribution in [0.2, 0.25) is 0 Å². The third-order valence-corrected chi connectivity index (χ3v) is 9.85. The van der Waals surface area contributed by atoms with Gasteiger partial charge in [-0.1, -0.05) is 127 Å². The number of benzene rings is 8. The maximum Gasteiger partial charge on any atom is 0.0991 e. The van der Waals surface area contributed by atoms with E-state index in [0.717, 1.165) is 39.2 Å². The van der Waals surface area contributed by atoms with E-state index in [2.05, 4.69) is 186 Å². The number of para-hydroxylation sites is 2. The Kier molecular flexibility index (Phi) is 7.89. The number of fused-ring (bicyclic) bond motifs is 3. The Hall–Kier alpha value is -7.15. The van der Waals surface area contributed by atoms with E-state index in [1.807, 2.05) is 24.3 Å². The molecule has 0 spiro atoms. The lowest BCUT2D eigenvalue weighted by atomic mass is 9.95. The van der Waals surface area contributed by atoms with Crippen LogP contribution in [0.4, 0.5) is 11.4 Å². The molecule has 0 fully saturated rings. The summed E-state index contributed by atoms with van der Waals surface area (Å²) in [6.45, 7) is 0. The SMILES string of the molecule is N#Cc1ccc(-c2ccc(Nc3ccc(-c4ccc(-c5ccc6c(c5)c5ccccc5n6-c5ccccc5)cc4)cc3-c3ccccc3)cc2)cc1. The van der Waals surface area contributed by atoms with E-state index in [1.165, 1.54) is 44.2 Å². The fraction of sp³-hybridized carbons (Fsp3) is 0. The normalized spacial score (nSPS) is 11.1. The van der Waals surface area contributed by atoms with Gasteiger partial charge in [0, 0.05) is 33.4 Å². The minimum atomic E-state index is 0.663. The topological polar surface area (TPSA) is 40.8 Å². The molecule has 0 aliphatic carbocycles. The molecule has 0 saturated carbocycles. The summed E-state index contributed by atoms with van der Waals surface area (Å²) in [7, 11) is 0. The Morgan fingerprint density at radius 1 is 0.404 bits per heavy atom. The van der Waals surface area contributed by atoms with Gasteiger partial charge in [0.05, 0.1) is 22.7 Å². The zero-order chi connectivity index (χ0) is 34.9. The minimum Gasteiger partial charge on any atom is -0.355 e. The van der Waals surface area contributed by atoms with Crippen molar-refractivity contribution < 1.29 is 0 Å². The molecule has 3 nitrogen and oxygen atoms in total. The second-order valence-electron chi connectivity index (χ2n) is 13.0. The molecule has 0 radical (unpaired) electrons. The lowest BCUT2D eigenvalue weighted by Crippen LogP contribution is -1.94. The van der Waals surface area contributed by atoms with Crippen LogP contribution < -0.4 is 5.32 Å². The molecule has 9 rings (SSSR count). The van der Waals surface area contributed by atoms with Crippen LogP contribution >= 0.6 is 0 Å². The van der Waals surface area contributed by atoms with Crippen molar-refractivity contribution in [3.8, 4) is 56.3 Å². The van der Waals surface area contributed by atoms with Crippen molar-refractivity contribution >= 4 is 33.2 Å². The number of rotatable bonds is 7. The van der Waals surface area contributed by atoms with Crippen molar-refractivity contribution in [2.24, 2.45) is 0 Å². The molecular formula is C49H33N3. The summed E-state index contributed by atoms with van der Waals surface area (Å²) < 4.78 is 2.35. The summed E-state index contributed by atoms with van der Waals surface area (Å²) in [5, 5.41) is 15.3. The van der Waals surface area contributed by atoms with Crippen molar-refractivity contribution in [3.63, 3.8) is 0 Å². The molecule has 3 heteroatoms. The van der Waals surface area contributed by atoms with Gasteiger partial charge in [0.2, 0.25) is 0 Å². The molecule has 52 heavy (non-hydrogen) atoms. The lowest BCUT2D eigenvalue weighted by Gasteiger charge is -2.15. The van der Waals surface area contributed by atoms with E-state index in [0.29, 0.717) is 5.56 Å². The molecule has 244 valence electrons. The average Bonchev–Trinajstić information content (AvgIpc) is 3.56. The van der Waals surface area contributed by atoms with Gasteiger partial charge in [-0.15, -0.1) is 0 Å². The quantitative estimate of drug-likeness (QED) is 0.184. The van der Waals surface area contributed by atoms with Gasteiger partial charge in [-0.25, -0.2) is 0 Å². The first kappa shape index (κ1) is 30.9. The molecule has 0 atom stereocenters. The number of nitrogens with zero attached hydrogens (tertiary/aromatic N) is 2. The molecule has 1 aromatic heterocycles. The number of nitrogens with one attached hydrogen (secondary N) is 1. The van der Waals surface area contributed by atoms with E-state index in [9.17, 15) is 0 Å². The van der Waals surface area contributed by atoms with Crippen LogP contribution in [0.1, 0.15) is 5.56 Å². The van der Waals surface area contributed by atoms with Gasteiger partial charge in [0.1, 0.15) is 0 Å². The van der Waals surface area contributed by atoms with Crippen LogP contribution in [0, 0.1) is 11.3 Å². The molecule has 0 unspecified atom stereocenters. The largest absolute Gasteiger partial charge is 0.355 e. The van der Waals surface area contributed by atoms with Gasteiger partial charge in [0.25, 0.3) is 0 Å². The molecule has 0 saturated heterocycles. The van der Waals surface area contributed by atoms with Crippen LogP contribution in [0.25, 0.3) is 72.0 Å². The molecule has 0 aliphatic heterocycles. The highest BCUT2D eigenvalue weighted by molar-refractivity contribution is 6.10. The van der Waals surface area contributed by atoms with Crippen molar-refractivity contribution in [2.75, 3.05) is 5.32 Å². The molecule has 1 N–H and O–H groups in total. The highest BCUT2D eigenvalue weighted by Crippen LogP contribution is 2.38. The number of hydrogen-bond acceptors (Lipinski definition) is 2. The Bertz CT molecular complexity index is 2720. The fourth-order valence-corrected chi connectivity index (χ4v) is 7.19. The molecule has 8 aromatic carbocycles. The Labute approximate surface area is 303 Å². The lowest BCUT2D eigenvalue weighted by molar-refractivity contribution is 1.18. The number of aromatic nitrogens is 1. The molecular weight excluding hydrogens is 631 g/mol. The third-order valence-electron chi connectivity index (χ3n) is 9.85. The molecule has 1 heterocycles. The standard InChI is InChI=1S/C49H33N3/c50-33-34-15-17-35(18-16-34)36-23-27-42(28-24-36)51-47-29-25-40(31-45(47)39-9-3-1-4-10-39)37-19-21-38(22-20-37)41-26-30-49-46(32-41)44-13-7-8-14-48(44)52(49)43-11-5-2-6-12-43/h1-32,51H. The van der Waals surface area contributed by atoms with Crippen LogP contribution in [0.3, 0.4) is 0 Å². The van der Waals surface area contributed by atoms with E-state index in [4.69, 9.17) is 5.26 Å². The molecule has 0 amide bonds. The second-order valence-corrected chi connectivity index (χ2v) is 13.0. The van der Waals surface area contributed by atoms with Crippen molar-refractivity contribution in [1.29, 1.82) is 5.26 Å². The first-order valence-electron chi connectivity index (χ1n) is 17.5. The average molecular weight is 664 g/mol. The minimum absolute atomic E-state index is 0.663. The molecule has 9 aromatic rings. The van der Waals surface area contributed by atoms with E-state index in [1.54, 1.807) is 0 Å². The van der Waals surface area contributed by atoms with Gasteiger partial charge in [-0.3, -0.25) is 0 Å². The summed E-state index contributed by atoms with van der Waals surface area (Å²) in [5.41, 5.74) is 15.5. The second kappa shape index (κ2) is 13.3. The Balaban J connectivity index is 1.02. The zero-order valence-corrected chi connectivity index (χ0v) is 28.4. The summed E-state index contributed by atoms with van der Waals surface area (Å²) in [4.78, 5) is 0. The van der Waals surface area contributed by atoms with Crippen molar-refractivity contribution in [3.05, 3.63) is 200 Å². The van der Waals surface area contributed by atoms with Gasteiger partial charge < -0.3 is 9.88 Å². The molecule has 0 bridgehead atoms. The van der Waals surface area contributed by atoms with Gasteiger partial charge in [-0.2, -0.15) is 5.26 Å². The van der Waals surface area contributed by atoms with Gasteiger partial charge in [0.15, 0.2) is 0 Å². The summed E-state index contributed by atoms with van der Waals surface area (Å²) in [6, 6.07) is 70.5. The van der Waals surface area contributed by atoms with Crippen molar-refractivity contribution in [1.82, 2.24) is 4.57 Å². The molecule has 0 aliphatic rings. The summed E-state index contributed by atoms with van der Waals surface area (Å²) >= 11 is 0. The number of nitriles is 1. The maximum absolute atomic E-state index is 9.14. The monoisotopic (exact) mass is 663 g/mol. The van der Waals surface area contributed by atoms with Crippen LogP contribution in [-0.4, -0.2) is 4.57 Å². The first-order valence-corrected chi connectivity index (χ1v) is 17.5. The highest BCUT2D eigenvalue weighted by atomic mass is 15.0. The Morgan fingerprint density at radius 3 is 1.62 bits per heavy atom. The predicted molar refractivity (Wildman–Crippen MR) is 217 cm³/mol. The first-order chi connectivity index (χ1) is 25.7. The highest BCUT2D eigenvalue weighted by Gasteiger charge is 2.14. The third kappa shape index (κ3) is 5.79. The van der Waals surface area contributed by atoms with E-state index < -0.39 is 0 Å². The Morgan fingerprint density at radius 2 is 0.923 bits per heavy atom. The fourth-order valence-electron chi connectivity index (χ4n) is 7.19. The smallest absolute Gasteiger partial charge is 0.0991 e. The number of hydrogen-bond donors (Lipinski definition) is 1. The van der Waals surface area contributed by atoms with Crippen LogP contribution in [0.15, 0.2) is 194 Å².